The van der Waals surface area contributed by atoms with E-state index < -0.39 is 0 Å². The normalized spacial score (nSPS) is 28.9. The van der Waals surface area contributed by atoms with E-state index in [1.54, 1.807) is 0 Å². The molecule has 6 atom stereocenters. The van der Waals surface area contributed by atoms with E-state index in [9.17, 15) is 14.4 Å². The van der Waals surface area contributed by atoms with Crippen molar-refractivity contribution in [3.8, 4) is 11.8 Å². The molecule has 2 aliphatic carbocycles. The van der Waals surface area contributed by atoms with Gasteiger partial charge in [0.1, 0.15) is 0 Å². The highest BCUT2D eigenvalue weighted by Gasteiger charge is 2.49. The molecule has 11 heteroatoms. The summed E-state index contributed by atoms with van der Waals surface area (Å²) < 4.78 is 16.3. The van der Waals surface area contributed by atoms with E-state index in [1.165, 1.54) is 0 Å². The van der Waals surface area contributed by atoms with Crippen molar-refractivity contribution in [2.24, 2.45) is 17.8 Å². The summed E-state index contributed by atoms with van der Waals surface area (Å²) in [5.74, 6) is 9.22. The predicted octanol–water partition coefficient (Wildman–Crippen LogP) is 2.03. The SMILES string of the molecule is O=C(CCCC[C@@H]1SC[C@@H]2NC(=O)N[C@@H]21)NCCOCCOCCNC(=O)OC[C@@H]1[C@@H]2CCC#CCC[C@@H]21. The number of unbranched alkanes of at least 4 members (excludes halogenated alkanes) is 1. The first-order chi connectivity index (χ1) is 18.6. The first kappa shape index (κ1) is 28.8. The van der Waals surface area contributed by atoms with Crippen LogP contribution in [0.4, 0.5) is 9.59 Å². The van der Waals surface area contributed by atoms with E-state index in [2.05, 4.69) is 33.1 Å². The summed E-state index contributed by atoms with van der Waals surface area (Å²) in [6.45, 7) is 3.05. The summed E-state index contributed by atoms with van der Waals surface area (Å²) in [5.41, 5.74) is 0. The third kappa shape index (κ3) is 9.24. The van der Waals surface area contributed by atoms with E-state index in [-0.39, 0.29) is 30.1 Å². The van der Waals surface area contributed by atoms with Crippen molar-refractivity contribution < 1.29 is 28.6 Å². The standard InChI is InChI=1S/C27H42N4O6S/c32-24(10-6-5-9-23-25-22(18-38-23)30-26(33)31-25)28-11-13-35-15-16-36-14-12-29-27(34)37-17-21-19-7-3-1-2-4-8-20(19)21/h19-23,25H,3-18H2,(H,28,32)(H,29,34)(H2,30,31,33)/t19-,20+,21-,22-,23-,25-/m0/s1. The van der Waals surface area contributed by atoms with Crippen molar-refractivity contribution >= 4 is 29.8 Å². The van der Waals surface area contributed by atoms with E-state index in [4.69, 9.17) is 14.2 Å². The summed E-state index contributed by atoms with van der Waals surface area (Å²) >= 11 is 1.90. The summed E-state index contributed by atoms with van der Waals surface area (Å²) in [4.78, 5) is 35.3. The predicted molar refractivity (Wildman–Crippen MR) is 145 cm³/mol. The fourth-order valence-electron chi connectivity index (χ4n) is 5.68. The van der Waals surface area contributed by atoms with Gasteiger partial charge in [0.25, 0.3) is 0 Å². The van der Waals surface area contributed by atoms with Gasteiger partial charge >= 0.3 is 12.1 Å². The molecule has 2 saturated heterocycles. The maximum absolute atomic E-state index is 12.0. The molecule has 3 fully saturated rings. The van der Waals surface area contributed by atoms with Crippen LogP contribution in [0, 0.1) is 29.6 Å². The van der Waals surface area contributed by atoms with Gasteiger partial charge in [-0.15, -0.1) is 11.8 Å². The van der Waals surface area contributed by atoms with Crippen molar-refractivity contribution in [1.29, 1.82) is 0 Å². The minimum atomic E-state index is -0.387. The molecule has 4 rings (SSSR count). The first-order valence-corrected chi connectivity index (χ1v) is 15.1. The lowest BCUT2D eigenvalue weighted by molar-refractivity contribution is -0.121. The second-order valence-corrected chi connectivity index (χ2v) is 11.7. The average molecular weight is 551 g/mol. The van der Waals surface area contributed by atoms with Crippen LogP contribution in [-0.4, -0.2) is 87.2 Å². The molecule has 4 N–H and O–H groups in total. The highest BCUT2D eigenvalue weighted by Crippen LogP contribution is 2.52. The molecule has 0 radical (unpaired) electrons. The van der Waals surface area contributed by atoms with Crippen LogP contribution in [0.3, 0.4) is 0 Å². The monoisotopic (exact) mass is 550 g/mol. The second kappa shape index (κ2) is 15.4. The van der Waals surface area contributed by atoms with Crippen molar-refractivity contribution in [3.05, 3.63) is 0 Å². The van der Waals surface area contributed by atoms with Crippen molar-refractivity contribution in [1.82, 2.24) is 21.3 Å². The zero-order valence-corrected chi connectivity index (χ0v) is 23.0. The van der Waals surface area contributed by atoms with Crippen LogP contribution in [0.5, 0.6) is 0 Å². The van der Waals surface area contributed by atoms with Gasteiger partial charge in [0.05, 0.1) is 45.1 Å². The van der Waals surface area contributed by atoms with Gasteiger partial charge in [-0.1, -0.05) is 6.42 Å². The molecule has 0 aromatic rings. The number of amides is 4. The number of hydrogen-bond donors (Lipinski definition) is 4. The third-order valence-electron chi connectivity index (χ3n) is 7.78. The van der Waals surface area contributed by atoms with E-state index >= 15 is 0 Å². The number of rotatable bonds is 16. The number of carbonyl (C=O) groups is 3. The largest absolute Gasteiger partial charge is 0.449 e. The first-order valence-electron chi connectivity index (χ1n) is 14.1. The smallest absolute Gasteiger partial charge is 0.407 e. The van der Waals surface area contributed by atoms with Gasteiger partial charge in [0.15, 0.2) is 0 Å². The Bertz CT molecular complexity index is 846. The van der Waals surface area contributed by atoms with E-state index in [0.29, 0.717) is 75.5 Å². The lowest BCUT2D eigenvalue weighted by Gasteiger charge is -2.16. The minimum Gasteiger partial charge on any atom is -0.449 e. The highest BCUT2D eigenvalue weighted by molar-refractivity contribution is 8.00. The number of nitrogens with one attached hydrogen (secondary N) is 4. The molecule has 0 bridgehead atoms. The second-order valence-electron chi connectivity index (χ2n) is 10.4. The van der Waals surface area contributed by atoms with Gasteiger partial charge in [0.2, 0.25) is 5.91 Å². The third-order valence-corrected chi connectivity index (χ3v) is 9.29. The van der Waals surface area contributed by atoms with Gasteiger partial charge in [-0.3, -0.25) is 4.79 Å². The average Bonchev–Trinajstić information content (AvgIpc) is 3.16. The number of alkyl carbamates (subject to hydrolysis) is 1. The van der Waals surface area contributed by atoms with Crippen LogP contribution in [0.25, 0.3) is 0 Å². The Kier molecular flexibility index (Phi) is 11.7. The van der Waals surface area contributed by atoms with E-state index in [1.807, 2.05) is 11.8 Å². The molecule has 4 aliphatic rings. The van der Waals surface area contributed by atoms with Crippen LogP contribution in [-0.2, 0) is 19.0 Å². The van der Waals surface area contributed by atoms with Crippen LogP contribution in [0.15, 0.2) is 0 Å². The lowest BCUT2D eigenvalue weighted by atomic mass is 10.0. The fourth-order valence-corrected chi connectivity index (χ4v) is 7.22. The maximum atomic E-state index is 12.0. The topological polar surface area (TPSA) is 127 Å². The molecule has 0 aromatic heterocycles. The van der Waals surface area contributed by atoms with Crippen LogP contribution in [0.1, 0.15) is 51.4 Å². The number of urea groups is 1. The number of hydrogen-bond acceptors (Lipinski definition) is 7. The number of fused-ring (bicyclic) bond motifs is 2. The summed E-state index contributed by atoms with van der Waals surface area (Å²) in [7, 11) is 0. The molecule has 212 valence electrons. The van der Waals surface area contributed by atoms with E-state index in [0.717, 1.165) is 50.7 Å². The highest BCUT2D eigenvalue weighted by atomic mass is 32.2. The van der Waals surface area contributed by atoms with Crippen molar-refractivity contribution in [2.45, 2.75) is 68.7 Å². The molecule has 1 saturated carbocycles. The molecule has 2 heterocycles. The van der Waals surface area contributed by atoms with Crippen LogP contribution < -0.4 is 21.3 Å². The summed E-state index contributed by atoms with van der Waals surface area (Å²) in [6, 6.07) is 0.414. The number of thioether (sulfide) groups is 1. The van der Waals surface area contributed by atoms with Gasteiger partial charge < -0.3 is 35.5 Å². The van der Waals surface area contributed by atoms with Crippen molar-refractivity contribution in [2.75, 3.05) is 51.9 Å². The van der Waals surface area contributed by atoms with Gasteiger partial charge in [-0.25, -0.2) is 9.59 Å². The number of ether oxygens (including phenoxy) is 3. The van der Waals surface area contributed by atoms with Gasteiger partial charge in [-0.2, -0.15) is 11.8 Å². The van der Waals surface area contributed by atoms with Gasteiger partial charge in [0, 0.05) is 43.4 Å². The summed E-state index contributed by atoms with van der Waals surface area (Å²) in [5, 5.41) is 12.0. The van der Waals surface area contributed by atoms with Crippen LogP contribution in [0.2, 0.25) is 0 Å². The Morgan fingerprint density at radius 1 is 0.947 bits per heavy atom. The zero-order chi connectivity index (χ0) is 26.6. The Morgan fingerprint density at radius 2 is 1.66 bits per heavy atom. The molecular formula is C27H42N4O6S. The van der Waals surface area contributed by atoms with Crippen molar-refractivity contribution in [3.63, 3.8) is 0 Å². The fraction of sp³-hybridized carbons (Fsp3) is 0.815. The molecule has 10 nitrogen and oxygen atoms in total. The Balaban J connectivity index is 0.881. The quantitative estimate of drug-likeness (QED) is 0.132. The zero-order valence-electron chi connectivity index (χ0n) is 22.1. The van der Waals surface area contributed by atoms with Crippen LogP contribution >= 0.6 is 11.8 Å². The Hall–Kier alpha value is -2.16. The Morgan fingerprint density at radius 3 is 2.39 bits per heavy atom. The molecule has 0 aromatic carbocycles. The van der Waals surface area contributed by atoms with Gasteiger partial charge in [-0.05, 0) is 43.4 Å². The maximum Gasteiger partial charge on any atom is 0.407 e. The molecule has 0 spiro atoms. The minimum absolute atomic E-state index is 0.0380. The molecule has 2 aliphatic heterocycles. The number of carbonyl (C=O) groups excluding carboxylic acids is 3. The molecule has 4 amide bonds. The summed E-state index contributed by atoms with van der Waals surface area (Å²) in [6.07, 6.45) is 7.12. The molecule has 38 heavy (non-hydrogen) atoms. The Labute approximate surface area is 229 Å². The lowest BCUT2D eigenvalue weighted by Crippen LogP contribution is -2.36. The molecule has 0 unspecified atom stereocenters. The molecular weight excluding hydrogens is 508 g/mol.